The van der Waals surface area contributed by atoms with E-state index in [0.29, 0.717) is 24.5 Å². The maximum Gasteiger partial charge on any atom is 0.344 e. The van der Waals surface area contributed by atoms with Gasteiger partial charge in [-0.05, 0) is 38.0 Å². The molecular formula is C22H25NO6. The Bertz CT molecular complexity index is 821. The molecule has 0 fully saturated rings. The SMILES string of the molecule is CCOc1ccccc1OCC(=O)OCC(=O)NC(Cc1ccccc1)C(C)=O. The summed E-state index contributed by atoms with van der Waals surface area (Å²) in [5, 5.41) is 2.59. The lowest BCUT2D eigenvalue weighted by Gasteiger charge is -2.16. The maximum atomic E-state index is 12.1. The van der Waals surface area contributed by atoms with E-state index in [2.05, 4.69) is 5.32 Å². The Morgan fingerprint density at radius 2 is 1.52 bits per heavy atom. The highest BCUT2D eigenvalue weighted by molar-refractivity contribution is 5.88. The van der Waals surface area contributed by atoms with Gasteiger partial charge in [-0.3, -0.25) is 9.59 Å². The van der Waals surface area contributed by atoms with Gasteiger partial charge in [-0.25, -0.2) is 4.79 Å². The third kappa shape index (κ3) is 7.65. The summed E-state index contributed by atoms with van der Waals surface area (Å²) < 4.78 is 15.7. The largest absolute Gasteiger partial charge is 0.490 e. The Hall–Kier alpha value is -3.35. The monoisotopic (exact) mass is 399 g/mol. The fourth-order valence-corrected chi connectivity index (χ4v) is 2.55. The van der Waals surface area contributed by atoms with Crippen LogP contribution in [0.3, 0.4) is 0 Å². The fraction of sp³-hybridized carbons (Fsp3) is 0.318. The summed E-state index contributed by atoms with van der Waals surface area (Å²) >= 11 is 0. The summed E-state index contributed by atoms with van der Waals surface area (Å²) in [7, 11) is 0. The number of nitrogens with one attached hydrogen (secondary N) is 1. The molecule has 0 bridgehead atoms. The van der Waals surface area contributed by atoms with Crippen LogP contribution < -0.4 is 14.8 Å². The van der Waals surface area contributed by atoms with Crippen LogP contribution in [0.4, 0.5) is 0 Å². The molecule has 0 aliphatic heterocycles. The molecule has 2 rings (SSSR count). The molecule has 0 aliphatic rings. The van der Waals surface area contributed by atoms with Gasteiger partial charge in [0, 0.05) is 0 Å². The van der Waals surface area contributed by atoms with Gasteiger partial charge < -0.3 is 19.5 Å². The predicted molar refractivity (Wildman–Crippen MR) is 107 cm³/mol. The van der Waals surface area contributed by atoms with Crippen molar-refractivity contribution in [2.24, 2.45) is 0 Å². The second-order valence-electron chi connectivity index (χ2n) is 6.25. The normalized spacial score (nSPS) is 11.2. The predicted octanol–water partition coefficient (Wildman–Crippen LogP) is 2.32. The van der Waals surface area contributed by atoms with Gasteiger partial charge >= 0.3 is 5.97 Å². The maximum absolute atomic E-state index is 12.1. The molecule has 0 aromatic heterocycles. The number of carbonyl (C=O) groups is 3. The third-order valence-corrected chi connectivity index (χ3v) is 3.97. The lowest BCUT2D eigenvalue weighted by Crippen LogP contribution is -2.43. The first-order valence-corrected chi connectivity index (χ1v) is 9.33. The molecular weight excluding hydrogens is 374 g/mol. The number of esters is 1. The number of Topliss-reactive ketones (excluding diaryl/α,β-unsaturated/α-hetero) is 1. The number of amides is 1. The van der Waals surface area contributed by atoms with Gasteiger partial charge in [-0.15, -0.1) is 0 Å². The van der Waals surface area contributed by atoms with Crippen LogP contribution in [0.5, 0.6) is 11.5 Å². The smallest absolute Gasteiger partial charge is 0.344 e. The van der Waals surface area contributed by atoms with Crippen LogP contribution >= 0.6 is 0 Å². The number of benzene rings is 2. The molecule has 0 saturated carbocycles. The van der Waals surface area contributed by atoms with Crippen molar-refractivity contribution in [3.05, 3.63) is 60.2 Å². The zero-order chi connectivity index (χ0) is 21.1. The van der Waals surface area contributed by atoms with Crippen LogP contribution in [0.25, 0.3) is 0 Å². The second kappa shape index (κ2) is 11.5. The summed E-state index contributed by atoms with van der Waals surface area (Å²) in [5.74, 6) is -0.497. The Morgan fingerprint density at radius 1 is 0.897 bits per heavy atom. The third-order valence-electron chi connectivity index (χ3n) is 3.97. The number of rotatable bonds is 11. The average Bonchev–Trinajstić information content (AvgIpc) is 2.72. The van der Waals surface area contributed by atoms with Crippen molar-refractivity contribution >= 4 is 17.7 Å². The minimum absolute atomic E-state index is 0.176. The van der Waals surface area contributed by atoms with Crippen LogP contribution in [0, 0.1) is 0 Å². The van der Waals surface area contributed by atoms with Crippen LogP contribution in [0.15, 0.2) is 54.6 Å². The first-order valence-electron chi connectivity index (χ1n) is 9.33. The molecule has 0 saturated heterocycles. The van der Waals surface area contributed by atoms with Crippen molar-refractivity contribution in [3.63, 3.8) is 0 Å². The van der Waals surface area contributed by atoms with Crippen LogP contribution in [-0.2, 0) is 25.5 Å². The van der Waals surface area contributed by atoms with Crippen molar-refractivity contribution in [1.29, 1.82) is 0 Å². The summed E-state index contributed by atoms with van der Waals surface area (Å²) in [6, 6.07) is 15.6. The molecule has 2 aromatic rings. The number of ether oxygens (including phenoxy) is 3. The minimum Gasteiger partial charge on any atom is -0.490 e. The van der Waals surface area contributed by atoms with Gasteiger partial charge in [0.05, 0.1) is 12.6 Å². The number of ketones is 1. The number of hydrogen-bond donors (Lipinski definition) is 1. The zero-order valence-corrected chi connectivity index (χ0v) is 16.6. The highest BCUT2D eigenvalue weighted by Gasteiger charge is 2.18. The van der Waals surface area contributed by atoms with Crippen molar-refractivity contribution in [2.45, 2.75) is 26.3 Å². The summed E-state index contributed by atoms with van der Waals surface area (Å²) in [6.07, 6.45) is 0.368. The Balaban J connectivity index is 1.78. The highest BCUT2D eigenvalue weighted by Crippen LogP contribution is 2.26. The van der Waals surface area contributed by atoms with E-state index in [1.54, 1.807) is 24.3 Å². The molecule has 0 spiro atoms. The van der Waals surface area contributed by atoms with Gasteiger partial charge in [0.15, 0.2) is 30.5 Å². The average molecular weight is 399 g/mol. The Labute approximate surface area is 170 Å². The van der Waals surface area contributed by atoms with E-state index >= 15 is 0 Å². The summed E-state index contributed by atoms with van der Waals surface area (Å²) in [5.41, 5.74) is 0.923. The molecule has 1 unspecified atom stereocenters. The molecule has 1 N–H and O–H groups in total. The number of para-hydroxylation sites is 2. The Morgan fingerprint density at radius 3 is 2.14 bits per heavy atom. The van der Waals surface area contributed by atoms with Gasteiger partial charge in [0.1, 0.15) is 0 Å². The molecule has 1 atom stereocenters. The molecule has 0 aliphatic carbocycles. The van der Waals surface area contributed by atoms with E-state index in [1.807, 2.05) is 37.3 Å². The van der Waals surface area contributed by atoms with E-state index in [4.69, 9.17) is 14.2 Å². The first kappa shape index (κ1) is 21.9. The number of hydrogen-bond acceptors (Lipinski definition) is 6. The molecule has 0 radical (unpaired) electrons. The quantitative estimate of drug-likeness (QED) is 0.583. The van der Waals surface area contributed by atoms with Gasteiger partial charge in [-0.2, -0.15) is 0 Å². The summed E-state index contributed by atoms with van der Waals surface area (Å²) in [6.45, 7) is 2.86. The Kier molecular flexibility index (Phi) is 8.69. The van der Waals surface area contributed by atoms with Gasteiger partial charge in [0.2, 0.25) is 0 Å². The fourth-order valence-electron chi connectivity index (χ4n) is 2.55. The first-order chi connectivity index (χ1) is 14.0. The van der Waals surface area contributed by atoms with E-state index in [-0.39, 0.29) is 12.4 Å². The molecule has 2 aromatic carbocycles. The standard InChI is InChI=1S/C22H25NO6/c1-3-27-19-11-7-8-12-20(19)28-15-22(26)29-14-21(25)23-18(16(2)24)13-17-9-5-4-6-10-17/h4-12,18H,3,13-15H2,1-2H3,(H,23,25). The van der Waals surface area contributed by atoms with Crippen molar-refractivity contribution < 1.29 is 28.6 Å². The van der Waals surface area contributed by atoms with Gasteiger partial charge in [0.25, 0.3) is 5.91 Å². The van der Waals surface area contributed by atoms with Crippen LogP contribution in [0.2, 0.25) is 0 Å². The summed E-state index contributed by atoms with van der Waals surface area (Å²) in [4.78, 5) is 35.7. The number of carbonyl (C=O) groups excluding carboxylic acids is 3. The van der Waals surface area contributed by atoms with E-state index in [9.17, 15) is 14.4 Å². The second-order valence-corrected chi connectivity index (χ2v) is 6.25. The molecule has 1 amide bonds. The van der Waals surface area contributed by atoms with Crippen molar-refractivity contribution in [1.82, 2.24) is 5.32 Å². The van der Waals surface area contributed by atoms with E-state index in [0.717, 1.165) is 5.56 Å². The lowest BCUT2D eigenvalue weighted by atomic mass is 10.0. The van der Waals surface area contributed by atoms with Crippen molar-refractivity contribution in [3.8, 4) is 11.5 Å². The zero-order valence-electron chi connectivity index (χ0n) is 16.6. The topological polar surface area (TPSA) is 90.9 Å². The molecule has 0 heterocycles. The molecule has 29 heavy (non-hydrogen) atoms. The van der Waals surface area contributed by atoms with E-state index < -0.39 is 24.5 Å². The molecule has 7 nitrogen and oxygen atoms in total. The van der Waals surface area contributed by atoms with Gasteiger partial charge in [-0.1, -0.05) is 42.5 Å². The van der Waals surface area contributed by atoms with Crippen LogP contribution in [0.1, 0.15) is 19.4 Å². The van der Waals surface area contributed by atoms with Crippen molar-refractivity contribution in [2.75, 3.05) is 19.8 Å². The van der Waals surface area contributed by atoms with E-state index in [1.165, 1.54) is 6.92 Å². The highest BCUT2D eigenvalue weighted by atomic mass is 16.6. The molecule has 7 heteroatoms. The minimum atomic E-state index is -0.700. The van der Waals surface area contributed by atoms with Crippen LogP contribution in [-0.4, -0.2) is 43.5 Å². The molecule has 154 valence electrons. The lowest BCUT2D eigenvalue weighted by molar-refractivity contribution is -0.150.